The second-order valence-electron chi connectivity index (χ2n) is 5.56. The number of rotatable bonds is 2. The second kappa shape index (κ2) is 3.68. The van der Waals surface area contributed by atoms with Crippen LogP contribution in [-0.2, 0) is 9.54 Å². The summed E-state index contributed by atoms with van der Waals surface area (Å²) in [6, 6.07) is 0. The highest BCUT2D eigenvalue weighted by Gasteiger charge is 2.30. The van der Waals surface area contributed by atoms with Gasteiger partial charge in [-0.2, -0.15) is 0 Å². The van der Waals surface area contributed by atoms with Crippen molar-refractivity contribution in [3.63, 3.8) is 0 Å². The van der Waals surface area contributed by atoms with E-state index in [4.69, 9.17) is 0 Å². The van der Waals surface area contributed by atoms with Crippen molar-refractivity contribution >= 4 is 22.7 Å². The van der Waals surface area contributed by atoms with Crippen molar-refractivity contribution < 1.29 is 8.42 Å². The van der Waals surface area contributed by atoms with Gasteiger partial charge in [0.15, 0.2) is 0 Å². The van der Waals surface area contributed by atoms with Crippen molar-refractivity contribution in [2.24, 2.45) is 0 Å². The molecule has 0 aliphatic heterocycles. The van der Waals surface area contributed by atoms with Crippen molar-refractivity contribution in [2.75, 3.05) is 0 Å². The van der Waals surface area contributed by atoms with E-state index in [1.54, 1.807) is 0 Å². The Kier molecular flexibility index (Phi) is 3.70. The normalized spacial score (nSPS) is 14.0. The van der Waals surface area contributed by atoms with Crippen molar-refractivity contribution in [1.29, 1.82) is 0 Å². The molecule has 0 heterocycles. The van der Waals surface area contributed by atoms with Crippen molar-refractivity contribution in [3.8, 4) is 0 Å². The molecular weight excluding hydrogens is 182 g/mol. The quantitative estimate of drug-likeness (QED) is 0.639. The summed E-state index contributed by atoms with van der Waals surface area (Å²) in [5, 5.41) is -0.582. The van der Waals surface area contributed by atoms with Crippen LogP contribution in [0.4, 0.5) is 0 Å². The fourth-order valence-electron chi connectivity index (χ4n) is 1.02. The third-order valence-electron chi connectivity index (χ3n) is 1.04. The first-order valence-corrected chi connectivity index (χ1v) is 5.99. The monoisotopic (exact) mass is 200 g/mol. The van der Waals surface area contributed by atoms with Crippen molar-refractivity contribution in [1.82, 2.24) is 0 Å². The van der Waals surface area contributed by atoms with Gasteiger partial charge < -0.3 is 0 Å². The molecule has 0 spiro atoms. The molecule has 0 aliphatic carbocycles. The Balaban J connectivity index is 4.46. The first-order chi connectivity index (χ1) is 5.41. The van der Waals surface area contributed by atoms with Crippen LogP contribution in [-0.4, -0.2) is 21.5 Å². The van der Waals surface area contributed by atoms with Gasteiger partial charge >= 0.3 is 0 Å². The lowest BCUT2D eigenvalue weighted by Gasteiger charge is -2.20. The molecule has 0 rings (SSSR count). The minimum atomic E-state index is -3.15. The number of hydrogen-bond acceptors (Lipinski definition) is 2. The molecule has 74 valence electrons. The Bertz CT molecular complexity index is 235. The molecule has 2 nitrogen and oxygen atoms in total. The predicted octanol–water partition coefficient (Wildman–Crippen LogP) is 2.08. The van der Waals surface area contributed by atoms with E-state index in [2.05, 4.69) is 0 Å². The maximum absolute atomic E-state index is 11.6. The van der Waals surface area contributed by atoms with E-state index in [1.807, 2.05) is 41.5 Å². The average Bonchev–Trinajstić information content (AvgIpc) is 1.43. The highest BCUT2D eigenvalue weighted by atomic mass is 32.2. The van der Waals surface area contributed by atoms with Crippen molar-refractivity contribution in [2.45, 2.75) is 52.2 Å². The Labute approximate surface area is 83.7 Å². The van der Waals surface area contributed by atoms with Gasteiger partial charge in [-0.3, -0.25) is 8.42 Å². The minimum Gasteiger partial charge on any atom is -0.254 e. The summed E-state index contributed by atoms with van der Waals surface area (Å²) >= 11 is 0. The molecule has 0 amide bonds. The van der Waals surface area contributed by atoms with Crippen molar-refractivity contribution in [3.05, 3.63) is 0 Å². The largest absolute Gasteiger partial charge is 0.268 e. The summed E-state index contributed by atoms with van der Waals surface area (Å²) in [6.07, 6.45) is 0. The second-order valence-corrected chi connectivity index (χ2v) is 7.21. The molecule has 0 saturated carbocycles. The van der Waals surface area contributed by atoms with E-state index in [1.165, 1.54) is 13.1 Å². The van der Waals surface area contributed by atoms with Gasteiger partial charge in [0.25, 0.3) is 13.1 Å². The summed E-state index contributed by atoms with van der Waals surface area (Å²) in [7, 11) is -3.15. The molecule has 0 saturated heterocycles. The van der Waals surface area contributed by atoms with Gasteiger partial charge in [-0.25, -0.2) is 0 Å². The molecule has 0 bridgehead atoms. The van der Waals surface area contributed by atoms with Gasteiger partial charge in [-0.15, -0.1) is 0 Å². The summed E-state index contributed by atoms with van der Waals surface area (Å²) in [4.78, 5) is 0. The zero-order valence-corrected chi connectivity index (χ0v) is 10.2. The minimum absolute atomic E-state index is 0.291. The Morgan fingerprint density at radius 2 is 1.00 bits per heavy atom. The summed E-state index contributed by atoms with van der Waals surface area (Å²) in [6.45, 7) is 14.0. The average molecular weight is 200 g/mol. The molecule has 0 atom stereocenters. The van der Waals surface area contributed by atoms with Crippen LogP contribution in [0.2, 0.25) is 10.6 Å². The topological polar surface area (TPSA) is 34.1 Å². The fraction of sp³-hybridized carbons (Fsp3) is 1.00. The van der Waals surface area contributed by atoms with Gasteiger partial charge in [-0.1, -0.05) is 41.5 Å². The summed E-state index contributed by atoms with van der Waals surface area (Å²) in [5.41, 5.74) is 0. The van der Waals surface area contributed by atoms with Gasteiger partial charge in [0.2, 0.25) is 0 Å². The first kappa shape index (κ1) is 13.1. The van der Waals surface area contributed by atoms with E-state index < -0.39 is 9.54 Å². The standard InChI is InChI=1S/C8H18B2O2S/c1-7(2,3)9-13(11,12)10-8(4,5)6/h1-6H3. The Morgan fingerprint density at radius 3 is 1.15 bits per heavy atom. The Hall–Kier alpha value is 0.0799. The molecule has 0 aliphatic rings. The lowest BCUT2D eigenvalue weighted by atomic mass is 9.72. The lowest BCUT2D eigenvalue weighted by molar-refractivity contribution is 0.615. The van der Waals surface area contributed by atoms with Crippen LogP contribution in [0.1, 0.15) is 41.5 Å². The SMILES string of the molecule is CC(C)(C)[B]S(=O)(=O)[B]C(C)(C)C. The molecule has 5 heteroatoms. The van der Waals surface area contributed by atoms with E-state index in [0.29, 0.717) is 0 Å². The van der Waals surface area contributed by atoms with E-state index in [0.717, 1.165) is 0 Å². The lowest BCUT2D eigenvalue weighted by Crippen LogP contribution is -2.29. The zero-order valence-electron chi connectivity index (χ0n) is 9.38. The molecule has 0 aromatic carbocycles. The van der Waals surface area contributed by atoms with Gasteiger partial charge in [-0.05, 0) is 10.6 Å². The molecule has 13 heavy (non-hydrogen) atoms. The smallest absolute Gasteiger partial charge is 0.254 e. The van der Waals surface area contributed by atoms with Gasteiger partial charge in [0.1, 0.15) is 0 Å². The maximum Gasteiger partial charge on any atom is 0.268 e. The molecule has 0 N–H and O–H groups in total. The van der Waals surface area contributed by atoms with Gasteiger partial charge in [0.05, 0.1) is 9.54 Å². The summed E-state index contributed by atoms with van der Waals surface area (Å²) < 4.78 is 23.1. The Morgan fingerprint density at radius 1 is 0.769 bits per heavy atom. The van der Waals surface area contributed by atoms with E-state index in [-0.39, 0.29) is 10.6 Å². The van der Waals surface area contributed by atoms with Crippen LogP contribution in [0, 0.1) is 0 Å². The van der Waals surface area contributed by atoms with E-state index >= 15 is 0 Å². The summed E-state index contributed by atoms with van der Waals surface area (Å²) in [5.74, 6) is 0. The molecule has 0 aromatic rings. The molecular formula is C8H18B2O2S. The van der Waals surface area contributed by atoms with Crippen LogP contribution in [0.3, 0.4) is 0 Å². The maximum atomic E-state index is 11.6. The predicted molar refractivity (Wildman–Crippen MR) is 59.9 cm³/mol. The van der Waals surface area contributed by atoms with Crippen LogP contribution in [0.15, 0.2) is 0 Å². The van der Waals surface area contributed by atoms with E-state index in [9.17, 15) is 8.42 Å². The van der Waals surface area contributed by atoms with Crippen LogP contribution in [0.25, 0.3) is 0 Å². The van der Waals surface area contributed by atoms with Gasteiger partial charge in [0, 0.05) is 0 Å². The highest BCUT2D eigenvalue weighted by molar-refractivity contribution is 8.34. The third-order valence-corrected chi connectivity index (χ3v) is 3.11. The third kappa shape index (κ3) is 8.41. The molecule has 2 radical (unpaired) electrons. The van der Waals surface area contributed by atoms with Crippen LogP contribution < -0.4 is 0 Å². The number of hydrogen-bond donors (Lipinski definition) is 0. The fourth-order valence-corrected chi connectivity index (χ4v) is 3.06. The van der Waals surface area contributed by atoms with Crippen LogP contribution in [0.5, 0.6) is 0 Å². The molecule has 0 fully saturated rings. The molecule has 0 aromatic heterocycles. The first-order valence-electron chi connectivity index (χ1n) is 4.38. The zero-order chi connectivity index (χ0) is 10.9. The molecule has 0 unspecified atom stereocenters. The van der Waals surface area contributed by atoms with Crippen LogP contribution >= 0.6 is 0 Å². The highest BCUT2D eigenvalue weighted by Crippen LogP contribution is 2.27.